The van der Waals surface area contributed by atoms with E-state index in [9.17, 15) is 14.3 Å². The highest BCUT2D eigenvalue weighted by atomic mass is 19.1. The zero-order valence-electron chi connectivity index (χ0n) is 12.4. The number of rotatable bonds is 7. The predicted octanol–water partition coefficient (Wildman–Crippen LogP) is 3.41. The highest BCUT2D eigenvalue weighted by molar-refractivity contribution is 5.80. The van der Waals surface area contributed by atoms with Crippen molar-refractivity contribution in [3.63, 3.8) is 0 Å². The second-order valence-corrected chi connectivity index (χ2v) is 4.91. The Balaban J connectivity index is 3.18. The second-order valence-electron chi connectivity index (χ2n) is 4.91. The van der Waals surface area contributed by atoms with Gasteiger partial charge in [0.1, 0.15) is 5.82 Å². The molecule has 112 valence electrons. The molecule has 1 N–H and O–H groups in total. The molecule has 20 heavy (non-hydrogen) atoms. The molecule has 0 saturated heterocycles. The standard InChI is InChI=1S/C16H23FO3/c1-4-10-16(19,15(18)20-6-3)14(5-2)12-8-7-9-13(17)11-12/h7-9,11,14,19H,4-6,10H2,1-3H3. The molecule has 2 unspecified atom stereocenters. The van der Waals surface area contributed by atoms with Crippen LogP contribution in [-0.2, 0) is 9.53 Å². The molecule has 3 nitrogen and oxygen atoms in total. The van der Waals surface area contributed by atoms with Crippen LogP contribution in [-0.4, -0.2) is 23.3 Å². The van der Waals surface area contributed by atoms with E-state index in [1.165, 1.54) is 12.1 Å². The van der Waals surface area contributed by atoms with Crippen molar-refractivity contribution in [2.45, 2.75) is 51.6 Å². The average Bonchev–Trinajstić information content (AvgIpc) is 2.40. The Morgan fingerprint density at radius 1 is 1.40 bits per heavy atom. The highest BCUT2D eigenvalue weighted by Gasteiger charge is 2.44. The Hall–Kier alpha value is -1.42. The Morgan fingerprint density at radius 2 is 2.10 bits per heavy atom. The largest absolute Gasteiger partial charge is 0.464 e. The van der Waals surface area contributed by atoms with Gasteiger partial charge in [-0.15, -0.1) is 0 Å². The van der Waals surface area contributed by atoms with Crippen molar-refractivity contribution in [1.82, 2.24) is 0 Å². The van der Waals surface area contributed by atoms with E-state index in [-0.39, 0.29) is 12.4 Å². The average molecular weight is 282 g/mol. The molecule has 0 amide bonds. The fourth-order valence-electron chi connectivity index (χ4n) is 2.63. The highest BCUT2D eigenvalue weighted by Crippen LogP contribution is 2.36. The Morgan fingerprint density at radius 3 is 2.60 bits per heavy atom. The Bertz CT molecular complexity index is 447. The van der Waals surface area contributed by atoms with E-state index in [4.69, 9.17) is 4.74 Å². The number of carbonyl (C=O) groups excluding carboxylic acids is 1. The summed E-state index contributed by atoms with van der Waals surface area (Å²) in [7, 11) is 0. The van der Waals surface area contributed by atoms with E-state index in [2.05, 4.69) is 0 Å². The first-order valence-electron chi connectivity index (χ1n) is 7.14. The van der Waals surface area contributed by atoms with Crippen LogP contribution in [0.1, 0.15) is 51.5 Å². The zero-order chi connectivity index (χ0) is 15.2. The summed E-state index contributed by atoms with van der Waals surface area (Å²) >= 11 is 0. The lowest BCUT2D eigenvalue weighted by molar-refractivity contribution is -0.169. The molecule has 1 aromatic rings. The van der Waals surface area contributed by atoms with Crippen LogP contribution in [0.5, 0.6) is 0 Å². The van der Waals surface area contributed by atoms with Crippen LogP contribution in [0.3, 0.4) is 0 Å². The minimum atomic E-state index is -1.60. The van der Waals surface area contributed by atoms with E-state index in [0.717, 1.165) is 0 Å². The maximum absolute atomic E-state index is 13.4. The van der Waals surface area contributed by atoms with E-state index >= 15 is 0 Å². The second kappa shape index (κ2) is 7.39. The van der Waals surface area contributed by atoms with Gasteiger partial charge < -0.3 is 9.84 Å². The van der Waals surface area contributed by atoms with Gasteiger partial charge in [0.25, 0.3) is 0 Å². The zero-order valence-corrected chi connectivity index (χ0v) is 12.4. The molecule has 0 fully saturated rings. The van der Waals surface area contributed by atoms with Crippen molar-refractivity contribution in [3.8, 4) is 0 Å². The molecule has 0 heterocycles. The van der Waals surface area contributed by atoms with E-state index in [1.54, 1.807) is 19.1 Å². The number of halogens is 1. The SMILES string of the molecule is CCCC(O)(C(=O)OCC)C(CC)c1cccc(F)c1. The molecule has 0 aliphatic carbocycles. The van der Waals surface area contributed by atoms with Crippen LogP contribution in [0.4, 0.5) is 4.39 Å². The van der Waals surface area contributed by atoms with Gasteiger partial charge >= 0.3 is 5.97 Å². The van der Waals surface area contributed by atoms with Crippen LogP contribution in [0.15, 0.2) is 24.3 Å². The van der Waals surface area contributed by atoms with Crippen molar-refractivity contribution in [2.75, 3.05) is 6.61 Å². The summed E-state index contributed by atoms with van der Waals surface area (Å²) in [5.74, 6) is -1.47. The van der Waals surface area contributed by atoms with Crippen LogP contribution in [0.2, 0.25) is 0 Å². The van der Waals surface area contributed by atoms with Gasteiger partial charge in [-0.25, -0.2) is 9.18 Å². The first kappa shape index (κ1) is 16.6. The lowest BCUT2D eigenvalue weighted by atomic mass is 9.77. The first-order valence-corrected chi connectivity index (χ1v) is 7.14. The number of hydrogen-bond acceptors (Lipinski definition) is 3. The Labute approximate surface area is 119 Å². The van der Waals surface area contributed by atoms with Gasteiger partial charge in [-0.05, 0) is 37.5 Å². The quantitative estimate of drug-likeness (QED) is 0.779. The smallest absolute Gasteiger partial charge is 0.338 e. The van der Waals surface area contributed by atoms with Gasteiger partial charge in [0.05, 0.1) is 6.61 Å². The predicted molar refractivity (Wildman–Crippen MR) is 75.9 cm³/mol. The maximum Gasteiger partial charge on any atom is 0.338 e. The molecule has 2 atom stereocenters. The molecular weight excluding hydrogens is 259 g/mol. The minimum absolute atomic E-state index is 0.213. The van der Waals surface area contributed by atoms with Gasteiger partial charge in [0.15, 0.2) is 5.60 Å². The summed E-state index contributed by atoms with van der Waals surface area (Å²) in [6.45, 7) is 5.68. The maximum atomic E-state index is 13.4. The third-order valence-electron chi connectivity index (χ3n) is 3.50. The Kier molecular flexibility index (Phi) is 6.14. The minimum Gasteiger partial charge on any atom is -0.464 e. The lowest BCUT2D eigenvalue weighted by Gasteiger charge is -2.33. The number of benzene rings is 1. The fraction of sp³-hybridized carbons (Fsp3) is 0.562. The van der Waals surface area contributed by atoms with Crippen LogP contribution in [0, 0.1) is 5.82 Å². The first-order chi connectivity index (χ1) is 9.49. The topological polar surface area (TPSA) is 46.5 Å². The number of carbonyl (C=O) groups is 1. The van der Waals surface area contributed by atoms with Gasteiger partial charge in [0.2, 0.25) is 0 Å². The third-order valence-corrected chi connectivity index (χ3v) is 3.50. The molecule has 0 saturated carbocycles. The van der Waals surface area contributed by atoms with Gasteiger partial charge in [0, 0.05) is 5.92 Å². The summed E-state index contributed by atoms with van der Waals surface area (Å²) in [5.41, 5.74) is -0.982. The molecule has 0 bridgehead atoms. The van der Waals surface area contributed by atoms with Gasteiger partial charge in [-0.2, -0.15) is 0 Å². The van der Waals surface area contributed by atoms with E-state index < -0.39 is 17.5 Å². The molecule has 0 spiro atoms. The van der Waals surface area contributed by atoms with E-state index in [0.29, 0.717) is 24.8 Å². The van der Waals surface area contributed by atoms with Crippen LogP contribution >= 0.6 is 0 Å². The van der Waals surface area contributed by atoms with Crippen molar-refractivity contribution < 1.29 is 19.0 Å². The van der Waals surface area contributed by atoms with Gasteiger partial charge in [-0.1, -0.05) is 32.4 Å². The fourth-order valence-corrected chi connectivity index (χ4v) is 2.63. The summed E-state index contributed by atoms with van der Waals surface area (Å²) in [5, 5.41) is 10.8. The summed E-state index contributed by atoms with van der Waals surface area (Å²) < 4.78 is 18.4. The van der Waals surface area contributed by atoms with Crippen molar-refractivity contribution in [3.05, 3.63) is 35.6 Å². The lowest BCUT2D eigenvalue weighted by Crippen LogP contribution is -2.45. The number of esters is 1. The van der Waals surface area contributed by atoms with Crippen molar-refractivity contribution in [2.24, 2.45) is 0 Å². The molecule has 0 aliphatic rings. The monoisotopic (exact) mass is 282 g/mol. The van der Waals surface area contributed by atoms with Gasteiger partial charge in [-0.3, -0.25) is 0 Å². The molecule has 0 aromatic heterocycles. The van der Waals surface area contributed by atoms with E-state index in [1.807, 2.05) is 13.8 Å². The molecule has 0 radical (unpaired) electrons. The summed E-state index contributed by atoms with van der Waals surface area (Å²) in [4.78, 5) is 12.1. The molecular formula is C16H23FO3. The van der Waals surface area contributed by atoms with Crippen LogP contribution in [0.25, 0.3) is 0 Å². The molecule has 1 rings (SSSR count). The third kappa shape index (κ3) is 3.57. The number of aliphatic hydroxyl groups is 1. The summed E-state index contributed by atoms with van der Waals surface area (Å²) in [6.07, 6.45) is 1.46. The van der Waals surface area contributed by atoms with Crippen LogP contribution < -0.4 is 0 Å². The molecule has 4 heteroatoms. The van der Waals surface area contributed by atoms with Crippen molar-refractivity contribution >= 4 is 5.97 Å². The summed E-state index contributed by atoms with van der Waals surface area (Å²) in [6, 6.07) is 6.04. The number of ether oxygens (including phenoxy) is 1. The van der Waals surface area contributed by atoms with Crippen molar-refractivity contribution in [1.29, 1.82) is 0 Å². The molecule has 1 aromatic carbocycles. The number of hydrogen-bond donors (Lipinski definition) is 1. The molecule has 0 aliphatic heterocycles. The normalized spacial score (nSPS) is 15.4.